The second-order valence-electron chi connectivity index (χ2n) is 5.15. The third kappa shape index (κ3) is 3.14. The van der Waals surface area contributed by atoms with Crippen LogP contribution in [-0.4, -0.2) is 24.2 Å². The predicted octanol–water partition coefficient (Wildman–Crippen LogP) is 3.34. The molecule has 4 heteroatoms. The number of nitrogens with zero attached hydrogens (tertiary/aromatic N) is 1. The van der Waals surface area contributed by atoms with E-state index in [1.807, 2.05) is 13.1 Å². The number of hydrogen-bond acceptors (Lipinski definition) is 4. The number of ether oxygens (including phenoxy) is 1. The van der Waals surface area contributed by atoms with Crippen molar-refractivity contribution in [3.63, 3.8) is 0 Å². The Kier molecular flexibility index (Phi) is 4.11. The van der Waals surface area contributed by atoms with E-state index in [9.17, 15) is 0 Å². The van der Waals surface area contributed by atoms with Gasteiger partial charge in [0.25, 0.3) is 0 Å². The van der Waals surface area contributed by atoms with Crippen LogP contribution in [0, 0.1) is 0 Å². The molecule has 19 heavy (non-hydrogen) atoms. The van der Waals surface area contributed by atoms with Crippen LogP contribution in [0.2, 0.25) is 0 Å². The van der Waals surface area contributed by atoms with Gasteiger partial charge < -0.3 is 10.1 Å². The van der Waals surface area contributed by atoms with E-state index < -0.39 is 0 Å². The van der Waals surface area contributed by atoms with Gasteiger partial charge in [0.05, 0.1) is 22.9 Å². The summed E-state index contributed by atoms with van der Waals surface area (Å²) in [5, 5.41) is 4.44. The molecule has 102 valence electrons. The van der Waals surface area contributed by atoms with Crippen LogP contribution in [0.15, 0.2) is 24.3 Å². The van der Waals surface area contributed by atoms with Crippen LogP contribution in [0.4, 0.5) is 0 Å². The SMILES string of the molecule is CNC1CCC(OCc2nc3ccccc3s2)CC1. The summed E-state index contributed by atoms with van der Waals surface area (Å²) in [6.07, 6.45) is 5.19. The van der Waals surface area contributed by atoms with E-state index in [0.717, 1.165) is 23.4 Å². The van der Waals surface area contributed by atoms with Gasteiger partial charge in [0.1, 0.15) is 5.01 Å². The molecule has 3 nitrogen and oxygen atoms in total. The maximum Gasteiger partial charge on any atom is 0.120 e. The lowest BCUT2D eigenvalue weighted by molar-refractivity contribution is 0.0118. The standard InChI is InChI=1S/C15H20N2OS/c1-16-11-6-8-12(9-7-11)18-10-15-17-13-4-2-3-5-14(13)19-15/h2-5,11-12,16H,6-10H2,1H3. The number of fused-ring (bicyclic) bond motifs is 1. The van der Waals surface area contributed by atoms with Gasteiger partial charge in [-0.15, -0.1) is 11.3 Å². The first-order chi connectivity index (χ1) is 9.35. The van der Waals surface area contributed by atoms with Gasteiger partial charge in [-0.1, -0.05) is 12.1 Å². The molecule has 1 aliphatic rings. The Hall–Kier alpha value is -0.970. The van der Waals surface area contributed by atoms with Crippen molar-refractivity contribution in [2.24, 2.45) is 0 Å². The molecule has 2 aromatic rings. The molecule has 0 saturated heterocycles. The third-order valence-electron chi connectivity index (χ3n) is 3.86. The summed E-state index contributed by atoms with van der Waals surface area (Å²) in [5.74, 6) is 0. The van der Waals surface area contributed by atoms with Crippen molar-refractivity contribution in [3.05, 3.63) is 29.3 Å². The molecule has 0 spiro atoms. The van der Waals surface area contributed by atoms with Gasteiger partial charge in [-0.3, -0.25) is 0 Å². The zero-order valence-electron chi connectivity index (χ0n) is 11.3. The monoisotopic (exact) mass is 276 g/mol. The highest BCUT2D eigenvalue weighted by atomic mass is 32.1. The van der Waals surface area contributed by atoms with Crippen LogP contribution >= 0.6 is 11.3 Å². The number of para-hydroxylation sites is 1. The van der Waals surface area contributed by atoms with Gasteiger partial charge in [-0.05, 0) is 44.9 Å². The predicted molar refractivity (Wildman–Crippen MR) is 79.5 cm³/mol. The van der Waals surface area contributed by atoms with Crippen LogP contribution < -0.4 is 5.32 Å². The average molecular weight is 276 g/mol. The van der Waals surface area contributed by atoms with E-state index in [0.29, 0.717) is 18.8 Å². The number of aromatic nitrogens is 1. The van der Waals surface area contributed by atoms with Crippen molar-refractivity contribution in [3.8, 4) is 0 Å². The van der Waals surface area contributed by atoms with Crippen molar-refractivity contribution in [1.29, 1.82) is 0 Å². The highest BCUT2D eigenvalue weighted by Crippen LogP contribution is 2.25. The first-order valence-electron chi connectivity index (χ1n) is 6.98. The van der Waals surface area contributed by atoms with E-state index in [1.54, 1.807) is 11.3 Å². The lowest BCUT2D eigenvalue weighted by Gasteiger charge is -2.27. The molecular formula is C15H20N2OS. The van der Waals surface area contributed by atoms with Crippen molar-refractivity contribution in [2.75, 3.05) is 7.05 Å². The summed E-state index contributed by atoms with van der Waals surface area (Å²) in [4.78, 5) is 4.61. The Balaban J connectivity index is 1.55. The third-order valence-corrected chi connectivity index (χ3v) is 4.87. The Labute approximate surface area is 118 Å². The van der Waals surface area contributed by atoms with Gasteiger partial charge in [-0.2, -0.15) is 0 Å². The van der Waals surface area contributed by atoms with Crippen LogP contribution in [0.5, 0.6) is 0 Å². The largest absolute Gasteiger partial charge is 0.371 e. The van der Waals surface area contributed by atoms with Crippen molar-refractivity contribution in [2.45, 2.75) is 44.4 Å². The van der Waals surface area contributed by atoms with Gasteiger partial charge >= 0.3 is 0 Å². The molecule has 0 amide bonds. The summed E-state index contributed by atoms with van der Waals surface area (Å²) in [6, 6.07) is 8.96. The van der Waals surface area contributed by atoms with Gasteiger partial charge in [0, 0.05) is 6.04 Å². The topological polar surface area (TPSA) is 34.1 Å². The van der Waals surface area contributed by atoms with Gasteiger partial charge in [0.15, 0.2) is 0 Å². The molecule has 3 rings (SSSR count). The zero-order chi connectivity index (χ0) is 13.1. The lowest BCUT2D eigenvalue weighted by Crippen LogP contribution is -2.32. The van der Waals surface area contributed by atoms with Crippen LogP contribution in [-0.2, 0) is 11.3 Å². The fraction of sp³-hybridized carbons (Fsp3) is 0.533. The van der Waals surface area contributed by atoms with E-state index in [2.05, 4.69) is 28.5 Å². The second kappa shape index (κ2) is 5.99. The highest BCUT2D eigenvalue weighted by Gasteiger charge is 2.20. The Morgan fingerprint density at radius 3 is 2.79 bits per heavy atom. The second-order valence-corrected chi connectivity index (χ2v) is 6.26. The Morgan fingerprint density at radius 2 is 2.05 bits per heavy atom. The molecule has 0 atom stereocenters. The minimum atomic E-state index is 0.414. The van der Waals surface area contributed by atoms with Gasteiger partial charge in [-0.25, -0.2) is 4.98 Å². The van der Waals surface area contributed by atoms with E-state index in [4.69, 9.17) is 4.74 Å². The van der Waals surface area contributed by atoms with Crippen molar-refractivity contribution >= 4 is 21.6 Å². The molecule has 1 fully saturated rings. The van der Waals surface area contributed by atoms with Gasteiger partial charge in [0.2, 0.25) is 0 Å². The first kappa shape index (κ1) is 13.0. The fourth-order valence-electron chi connectivity index (χ4n) is 2.69. The minimum absolute atomic E-state index is 0.414. The number of thiazole rings is 1. The average Bonchev–Trinajstić information content (AvgIpc) is 2.88. The molecule has 1 saturated carbocycles. The summed E-state index contributed by atoms with van der Waals surface area (Å²) >= 11 is 1.74. The van der Waals surface area contributed by atoms with Crippen LogP contribution in [0.3, 0.4) is 0 Å². The fourth-order valence-corrected chi connectivity index (χ4v) is 3.58. The van der Waals surface area contributed by atoms with E-state index in [1.165, 1.54) is 17.5 Å². The molecule has 1 aliphatic carbocycles. The van der Waals surface area contributed by atoms with E-state index in [-0.39, 0.29) is 0 Å². The molecule has 0 aliphatic heterocycles. The summed E-state index contributed by atoms with van der Waals surface area (Å²) < 4.78 is 7.26. The minimum Gasteiger partial charge on any atom is -0.371 e. The van der Waals surface area contributed by atoms with Crippen LogP contribution in [0.1, 0.15) is 30.7 Å². The Morgan fingerprint density at radius 1 is 1.26 bits per heavy atom. The Bertz CT molecular complexity index is 499. The molecule has 1 heterocycles. The lowest BCUT2D eigenvalue weighted by atomic mass is 9.93. The summed E-state index contributed by atoms with van der Waals surface area (Å²) in [6.45, 7) is 0.661. The smallest absolute Gasteiger partial charge is 0.120 e. The summed E-state index contributed by atoms with van der Waals surface area (Å²) in [7, 11) is 2.05. The molecule has 0 unspecified atom stereocenters. The maximum atomic E-state index is 6.01. The van der Waals surface area contributed by atoms with E-state index >= 15 is 0 Å². The molecule has 1 aromatic carbocycles. The number of rotatable bonds is 4. The zero-order valence-corrected chi connectivity index (χ0v) is 12.1. The number of hydrogen-bond donors (Lipinski definition) is 1. The van der Waals surface area contributed by atoms with Crippen molar-refractivity contribution < 1.29 is 4.74 Å². The molecule has 0 bridgehead atoms. The highest BCUT2D eigenvalue weighted by molar-refractivity contribution is 7.18. The first-order valence-corrected chi connectivity index (χ1v) is 7.80. The molecular weight excluding hydrogens is 256 g/mol. The number of nitrogens with one attached hydrogen (secondary N) is 1. The molecule has 0 radical (unpaired) electrons. The summed E-state index contributed by atoms with van der Waals surface area (Å²) in [5.41, 5.74) is 1.09. The normalized spacial score (nSPS) is 23.8. The molecule has 1 aromatic heterocycles. The van der Waals surface area contributed by atoms with Crippen LogP contribution in [0.25, 0.3) is 10.2 Å². The number of benzene rings is 1. The maximum absolute atomic E-state index is 6.01. The molecule has 1 N–H and O–H groups in total. The quantitative estimate of drug-likeness (QED) is 0.930. The van der Waals surface area contributed by atoms with Crippen molar-refractivity contribution in [1.82, 2.24) is 10.3 Å².